The first-order valence-electron chi connectivity index (χ1n) is 6.31. The zero-order valence-corrected chi connectivity index (χ0v) is 10.9. The molecule has 2 rings (SSSR count). The van der Waals surface area contributed by atoms with E-state index in [1.54, 1.807) is 18.9 Å². The van der Waals surface area contributed by atoms with Crippen molar-refractivity contribution in [3.8, 4) is 0 Å². The topological polar surface area (TPSA) is 52.6 Å². The van der Waals surface area contributed by atoms with Gasteiger partial charge in [0.25, 0.3) is 0 Å². The van der Waals surface area contributed by atoms with Gasteiger partial charge in [-0.05, 0) is 18.1 Å². The lowest BCUT2D eigenvalue weighted by Gasteiger charge is -2.29. The van der Waals surface area contributed by atoms with Crippen molar-refractivity contribution in [2.45, 2.75) is 25.5 Å². The highest BCUT2D eigenvalue weighted by atomic mass is 16.3. The predicted octanol–water partition coefficient (Wildman–Crippen LogP) is 0.713. The summed E-state index contributed by atoms with van der Waals surface area (Å²) in [5, 5.41) is 12.6. The Morgan fingerprint density at radius 2 is 2.28 bits per heavy atom. The summed E-state index contributed by atoms with van der Waals surface area (Å²) in [5.41, 5.74) is 2.30. The second-order valence-corrected chi connectivity index (χ2v) is 4.95. The normalized spacial score (nSPS) is 20.1. The quantitative estimate of drug-likeness (QED) is 0.828. The third-order valence-corrected chi connectivity index (χ3v) is 3.31. The highest BCUT2D eigenvalue weighted by Crippen LogP contribution is 2.25. The van der Waals surface area contributed by atoms with Gasteiger partial charge in [-0.1, -0.05) is 24.3 Å². The van der Waals surface area contributed by atoms with Gasteiger partial charge in [0.2, 0.25) is 5.91 Å². The molecule has 1 aliphatic rings. The van der Waals surface area contributed by atoms with Gasteiger partial charge in [0.05, 0.1) is 12.0 Å². The maximum atomic E-state index is 12.4. The first-order chi connectivity index (χ1) is 8.59. The number of fused-ring (bicyclic) bond motifs is 1. The Kier molecular flexibility index (Phi) is 3.99. The van der Waals surface area contributed by atoms with Gasteiger partial charge in [-0.15, -0.1) is 0 Å². The zero-order valence-electron chi connectivity index (χ0n) is 10.9. The second-order valence-electron chi connectivity index (χ2n) is 4.95. The van der Waals surface area contributed by atoms with Crippen molar-refractivity contribution >= 4 is 5.91 Å². The number of rotatable bonds is 3. The van der Waals surface area contributed by atoms with Gasteiger partial charge < -0.3 is 15.3 Å². The highest BCUT2D eigenvalue weighted by Gasteiger charge is 2.28. The molecule has 1 aromatic rings. The van der Waals surface area contributed by atoms with E-state index in [0.717, 1.165) is 12.1 Å². The fourth-order valence-electron chi connectivity index (χ4n) is 2.47. The van der Waals surface area contributed by atoms with Crippen LogP contribution in [0, 0.1) is 0 Å². The Balaban J connectivity index is 2.17. The molecule has 0 aliphatic carbocycles. The van der Waals surface area contributed by atoms with Gasteiger partial charge >= 0.3 is 0 Å². The molecule has 0 fully saturated rings. The van der Waals surface area contributed by atoms with Crippen molar-refractivity contribution in [1.82, 2.24) is 10.2 Å². The standard InChI is InChI=1S/C14H20N2O2/c1-10(17)9-16(2)14(18)13-8-15-7-11-5-3-4-6-12(11)13/h3-6,10,13,15,17H,7-9H2,1-2H3. The highest BCUT2D eigenvalue weighted by molar-refractivity contribution is 5.84. The van der Waals surface area contributed by atoms with Crippen LogP contribution in [0.1, 0.15) is 24.0 Å². The minimum absolute atomic E-state index is 0.0653. The van der Waals surface area contributed by atoms with E-state index in [1.165, 1.54) is 5.56 Å². The van der Waals surface area contributed by atoms with Crippen molar-refractivity contribution in [3.63, 3.8) is 0 Å². The van der Waals surface area contributed by atoms with Crippen LogP contribution < -0.4 is 5.32 Å². The largest absolute Gasteiger partial charge is 0.392 e. The van der Waals surface area contributed by atoms with Gasteiger partial charge in [-0.2, -0.15) is 0 Å². The Morgan fingerprint density at radius 1 is 1.56 bits per heavy atom. The average molecular weight is 248 g/mol. The second kappa shape index (κ2) is 5.50. The smallest absolute Gasteiger partial charge is 0.231 e. The molecule has 4 heteroatoms. The van der Waals surface area contributed by atoms with Crippen LogP contribution in [0.2, 0.25) is 0 Å². The molecule has 1 amide bonds. The molecule has 1 heterocycles. The van der Waals surface area contributed by atoms with E-state index >= 15 is 0 Å². The van der Waals surface area contributed by atoms with Crippen LogP contribution in [0.3, 0.4) is 0 Å². The third kappa shape index (κ3) is 2.71. The lowest BCUT2D eigenvalue weighted by atomic mass is 9.90. The molecule has 18 heavy (non-hydrogen) atoms. The number of amides is 1. The number of carbonyl (C=O) groups is 1. The van der Waals surface area contributed by atoms with E-state index in [1.807, 2.05) is 18.2 Å². The molecular formula is C14H20N2O2. The third-order valence-electron chi connectivity index (χ3n) is 3.31. The Hall–Kier alpha value is -1.39. The van der Waals surface area contributed by atoms with Gasteiger partial charge in [-0.3, -0.25) is 4.79 Å². The number of nitrogens with zero attached hydrogens (tertiary/aromatic N) is 1. The molecule has 0 spiro atoms. The molecule has 4 nitrogen and oxygen atoms in total. The average Bonchev–Trinajstić information content (AvgIpc) is 2.36. The Morgan fingerprint density at radius 3 is 3.00 bits per heavy atom. The summed E-state index contributed by atoms with van der Waals surface area (Å²) < 4.78 is 0. The molecule has 2 unspecified atom stereocenters. The number of benzene rings is 1. The van der Waals surface area contributed by atoms with Crippen LogP contribution >= 0.6 is 0 Å². The van der Waals surface area contributed by atoms with Crippen LogP contribution in [-0.4, -0.2) is 42.2 Å². The molecule has 0 aromatic heterocycles. The molecule has 2 atom stereocenters. The summed E-state index contributed by atoms with van der Waals surface area (Å²) >= 11 is 0. The minimum atomic E-state index is -0.495. The van der Waals surface area contributed by atoms with Gasteiger partial charge in [0.1, 0.15) is 0 Å². The van der Waals surface area contributed by atoms with Crippen LogP contribution in [0.15, 0.2) is 24.3 Å². The molecule has 0 saturated carbocycles. The summed E-state index contributed by atoms with van der Waals surface area (Å²) in [4.78, 5) is 14.0. The molecule has 0 saturated heterocycles. The molecule has 98 valence electrons. The van der Waals surface area contributed by atoms with Crippen molar-refractivity contribution in [2.24, 2.45) is 0 Å². The van der Waals surface area contributed by atoms with Crippen LogP contribution in [0.5, 0.6) is 0 Å². The number of nitrogens with one attached hydrogen (secondary N) is 1. The lowest BCUT2D eigenvalue weighted by Crippen LogP contribution is -2.42. The lowest BCUT2D eigenvalue weighted by molar-refractivity contribution is -0.132. The monoisotopic (exact) mass is 248 g/mol. The van der Waals surface area contributed by atoms with Crippen molar-refractivity contribution in [2.75, 3.05) is 20.1 Å². The van der Waals surface area contributed by atoms with Crippen molar-refractivity contribution in [3.05, 3.63) is 35.4 Å². The number of aliphatic hydroxyl groups excluding tert-OH is 1. The molecule has 0 bridgehead atoms. The summed E-state index contributed by atoms with van der Waals surface area (Å²) in [6.07, 6.45) is -0.495. The van der Waals surface area contributed by atoms with Crippen molar-refractivity contribution in [1.29, 1.82) is 0 Å². The minimum Gasteiger partial charge on any atom is -0.392 e. The van der Waals surface area contributed by atoms with E-state index in [4.69, 9.17) is 0 Å². The molecule has 2 N–H and O–H groups in total. The number of carbonyl (C=O) groups excluding carboxylic acids is 1. The van der Waals surface area contributed by atoms with E-state index in [2.05, 4.69) is 11.4 Å². The Labute approximate surface area is 108 Å². The van der Waals surface area contributed by atoms with E-state index in [-0.39, 0.29) is 11.8 Å². The number of likely N-dealkylation sites (N-methyl/N-ethyl adjacent to an activating group) is 1. The fourth-order valence-corrected chi connectivity index (χ4v) is 2.47. The summed E-state index contributed by atoms with van der Waals surface area (Å²) in [6.45, 7) is 3.55. The molecule has 1 aromatic carbocycles. The Bertz CT molecular complexity index is 432. The number of hydrogen-bond donors (Lipinski definition) is 2. The van der Waals surface area contributed by atoms with Crippen molar-refractivity contribution < 1.29 is 9.90 Å². The van der Waals surface area contributed by atoms with Gasteiger partial charge in [0, 0.05) is 26.7 Å². The molecular weight excluding hydrogens is 228 g/mol. The summed E-state index contributed by atoms with van der Waals surface area (Å²) in [5.74, 6) is -0.0748. The zero-order chi connectivity index (χ0) is 13.1. The number of hydrogen-bond acceptors (Lipinski definition) is 3. The van der Waals surface area contributed by atoms with E-state index in [9.17, 15) is 9.90 Å². The SMILES string of the molecule is CC(O)CN(C)C(=O)C1CNCc2ccccc21. The van der Waals surface area contributed by atoms with Gasteiger partial charge in [0.15, 0.2) is 0 Å². The molecule has 1 aliphatic heterocycles. The summed E-state index contributed by atoms with van der Waals surface area (Å²) in [7, 11) is 1.74. The van der Waals surface area contributed by atoms with E-state index < -0.39 is 6.10 Å². The number of aliphatic hydroxyl groups is 1. The van der Waals surface area contributed by atoms with Crippen LogP contribution in [0.4, 0.5) is 0 Å². The van der Waals surface area contributed by atoms with Gasteiger partial charge in [-0.25, -0.2) is 0 Å². The summed E-state index contributed by atoms with van der Waals surface area (Å²) in [6, 6.07) is 8.04. The first kappa shape index (κ1) is 13.1. The first-order valence-corrected chi connectivity index (χ1v) is 6.31. The maximum Gasteiger partial charge on any atom is 0.231 e. The van der Waals surface area contributed by atoms with E-state index in [0.29, 0.717) is 13.1 Å². The fraction of sp³-hybridized carbons (Fsp3) is 0.500. The molecule has 0 radical (unpaired) electrons. The van der Waals surface area contributed by atoms with Crippen LogP contribution in [-0.2, 0) is 11.3 Å². The predicted molar refractivity (Wildman–Crippen MR) is 70.2 cm³/mol. The van der Waals surface area contributed by atoms with Crippen LogP contribution in [0.25, 0.3) is 0 Å². The maximum absolute atomic E-state index is 12.4.